The summed E-state index contributed by atoms with van der Waals surface area (Å²) in [5, 5.41) is 7.92. The van der Waals surface area contributed by atoms with E-state index in [0.717, 1.165) is 16.7 Å². The average molecular weight is 248 g/mol. The second-order valence-electron chi connectivity index (χ2n) is 4.70. The maximum absolute atomic E-state index is 12.4. The molecule has 0 saturated heterocycles. The van der Waals surface area contributed by atoms with Gasteiger partial charge in [-0.3, -0.25) is 9.59 Å². The zero-order valence-corrected chi connectivity index (χ0v) is 9.83. The number of hydrogen-bond donors (Lipinski definition) is 0. The minimum atomic E-state index is -0.962. The monoisotopic (exact) mass is 248 g/mol. The smallest absolute Gasteiger partial charge is 0.196 e. The van der Waals surface area contributed by atoms with Crippen molar-refractivity contribution >= 4 is 23.5 Å². The van der Waals surface area contributed by atoms with Gasteiger partial charge >= 0.3 is 0 Å². The van der Waals surface area contributed by atoms with E-state index >= 15 is 0 Å². The number of carbonyl (C=O) groups excluding carboxylic acids is 2. The topological polar surface area (TPSA) is 58.9 Å². The Labute approximate surface area is 108 Å². The first-order valence-electron chi connectivity index (χ1n) is 5.94. The van der Waals surface area contributed by atoms with Crippen LogP contribution >= 0.6 is 0 Å². The molecule has 0 bridgehead atoms. The van der Waals surface area contributed by atoms with Crippen LogP contribution in [0.25, 0.3) is 0 Å². The number of Topliss-reactive ketones (excluding diaryl/α,β-unsaturated/α-hetero) is 1. The predicted octanol–water partition coefficient (Wildman–Crippen LogP) is 1.48. The van der Waals surface area contributed by atoms with Crippen LogP contribution in [0.15, 0.2) is 69.5 Å². The molecule has 19 heavy (non-hydrogen) atoms. The molecular formula is C15H8N2O2. The second kappa shape index (κ2) is 3.23. The van der Waals surface area contributed by atoms with Gasteiger partial charge in [0.1, 0.15) is 5.41 Å². The van der Waals surface area contributed by atoms with E-state index in [1.807, 2.05) is 18.2 Å². The Morgan fingerprint density at radius 2 is 1.95 bits per heavy atom. The minimum absolute atomic E-state index is 0.126. The molecule has 0 aromatic carbocycles. The standard InChI is InChI=1S/C15H8N2O2/c18-9-4-5-12-10-2-1-3-11(10)14-15(12,7-6-9)13(19)8-16-17-14/h1-8H. The van der Waals surface area contributed by atoms with Gasteiger partial charge in [-0.2, -0.15) is 10.2 Å². The fourth-order valence-corrected chi connectivity index (χ4v) is 2.94. The molecule has 0 N–H and O–H groups in total. The minimum Gasteiger partial charge on any atom is -0.291 e. The van der Waals surface area contributed by atoms with Gasteiger partial charge in [-0.05, 0) is 23.3 Å². The van der Waals surface area contributed by atoms with Gasteiger partial charge < -0.3 is 0 Å². The molecule has 1 spiro atoms. The van der Waals surface area contributed by atoms with Crippen molar-refractivity contribution in [3.8, 4) is 0 Å². The Bertz CT molecular complexity index is 757. The Balaban J connectivity index is 2.12. The Morgan fingerprint density at radius 3 is 2.84 bits per heavy atom. The highest BCUT2D eigenvalue weighted by atomic mass is 16.1. The highest BCUT2D eigenvalue weighted by Gasteiger charge is 2.52. The van der Waals surface area contributed by atoms with Crippen molar-refractivity contribution in [1.82, 2.24) is 0 Å². The molecule has 1 atom stereocenters. The summed E-state index contributed by atoms with van der Waals surface area (Å²) in [6, 6.07) is 0. The lowest BCUT2D eigenvalue weighted by atomic mass is 9.75. The molecule has 4 aliphatic rings. The Morgan fingerprint density at radius 1 is 1.05 bits per heavy atom. The van der Waals surface area contributed by atoms with Crippen LogP contribution in [-0.4, -0.2) is 23.5 Å². The SMILES string of the molecule is O=C1C=CC2=C3C=CC=C3C3=NN=CC(=O)C32C=C1. The summed E-state index contributed by atoms with van der Waals surface area (Å²) < 4.78 is 0. The van der Waals surface area contributed by atoms with Crippen molar-refractivity contribution in [2.75, 3.05) is 0 Å². The lowest BCUT2D eigenvalue weighted by Gasteiger charge is -2.26. The van der Waals surface area contributed by atoms with E-state index in [9.17, 15) is 9.59 Å². The summed E-state index contributed by atoms with van der Waals surface area (Å²) in [7, 11) is 0. The van der Waals surface area contributed by atoms with Gasteiger partial charge in [-0.15, -0.1) is 0 Å². The lowest BCUT2D eigenvalue weighted by Crippen LogP contribution is -2.39. The molecule has 4 nitrogen and oxygen atoms in total. The number of rotatable bonds is 0. The number of fused-ring (bicyclic) bond motifs is 2. The average Bonchev–Trinajstić information content (AvgIpc) is 2.90. The summed E-state index contributed by atoms with van der Waals surface area (Å²) in [5.41, 5.74) is 2.34. The molecule has 0 aromatic rings. The number of hydrogen-bond acceptors (Lipinski definition) is 4. The summed E-state index contributed by atoms with van der Waals surface area (Å²) in [4.78, 5) is 24.0. The fourth-order valence-electron chi connectivity index (χ4n) is 2.94. The quantitative estimate of drug-likeness (QED) is 0.652. The highest BCUT2D eigenvalue weighted by molar-refractivity contribution is 6.44. The maximum Gasteiger partial charge on any atom is 0.196 e. The number of nitrogens with zero attached hydrogens (tertiary/aromatic N) is 2. The fraction of sp³-hybridized carbons (Fsp3) is 0.0667. The van der Waals surface area contributed by atoms with Crippen LogP contribution in [0.4, 0.5) is 0 Å². The molecular weight excluding hydrogens is 240 g/mol. The van der Waals surface area contributed by atoms with E-state index in [2.05, 4.69) is 10.2 Å². The van der Waals surface area contributed by atoms with Gasteiger partial charge in [0.15, 0.2) is 11.6 Å². The molecule has 0 saturated carbocycles. The maximum atomic E-state index is 12.4. The van der Waals surface area contributed by atoms with Gasteiger partial charge in [0, 0.05) is 5.57 Å². The van der Waals surface area contributed by atoms with Gasteiger partial charge in [-0.1, -0.05) is 30.4 Å². The number of allylic oxidation sites excluding steroid dienone is 10. The van der Waals surface area contributed by atoms with Crippen molar-refractivity contribution in [3.05, 3.63) is 59.3 Å². The zero-order valence-electron chi connectivity index (χ0n) is 9.83. The van der Waals surface area contributed by atoms with Gasteiger partial charge in [0.25, 0.3) is 0 Å². The highest BCUT2D eigenvalue weighted by Crippen LogP contribution is 2.50. The van der Waals surface area contributed by atoms with Crippen molar-refractivity contribution in [2.45, 2.75) is 0 Å². The molecule has 3 aliphatic carbocycles. The molecule has 0 radical (unpaired) electrons. The first kappa shape index (κ1) is 10.3. The van der Waals surface area contributed by atoms with Crippen molar-refractivity contribution in [3.63, 3.8) is 0 Å². The normalized spacial score (nSPS) is 30.1. The number of ketones is 2. The summed E-state index contributed by atoms with van der Waals surface area (Å²) in [5.74, 6) is -0.279. The molecule has 4 heteroatoms. The van der Waals surface area contributed by atoms with Crippen LogP contribution in [-0.2, 0) is 9.59 Å². The van der Waals surface area contributed by atoms with E-state index < -0.39 is 5.41 Å². The predicted molar refractivity (Wildman–Crippen MR) is 70.9 cm³/mol. The zero-order chi connectivity index (χ0) is 13.0. The van der Waals surface area contributed by atoms with Crippen LogP contribution < -0.4 is 0 Å². The molecule has 1 heterocycles. The third-order valence-electron chi connectivity index (χ3n) is 3.79. The van der Waals surface area contributed by atoms with Gasteiger partial charge in [0.2, 0.25) is 0 Å². The van der Waals surface area contributed by atoms with Crippen LogP contribution in [0, 0.1) is 5.41 Å². The second-order valence-corrected chi connectivity index (χ2v) is 4.70. The van der Waals surface area contributed by atoms with Gasteiger partial charge in [-0.25, -0.2) is 0 Å². The summed E-state index contributed by atoms with van der Waals surface area (Å²) in [6.45, 7) is 0. The van der Waals surface area contributed by atoms with Crippen LogP contribution in [0.3, 0.4) is 0 Å². The van der Waals surface area contributed by atoms with Crippen molar-refractivity contribution in [1.29, 1.82) is 0 Å². The Kier molecular flexibility index (Phi) is 1.75. The lowest BCUT2D eigenvalue weighted by molar-refractivity contribution is -0.115. The molecule has 1 aliphatic heterocycles. The first-order valence-corrected chi connectivity index (χ1v) is 5.94. The van der Waals surface area contributed by atoms with Crippen LogP contribution in [0.5, 0.6) is 0 Å². The van der Waals surface area contributed by atoms with E-state index in [1.165, 1.54) is 18.4 Å². The molecule has 0 fully saturated rings. The largest absolute Gasteiger partial charge is 0.291 e. The molecule has 1 unspecified atom stereocenters. The third-order valence-corrected chi connectivity index (χ3v) is 3.79. The van der Waals surface area contributed by atoms with E-state index in [1.54, 1.807) is 12.2 Å². The van der Waals surface area contributed by atoms with Crippen LogP contribution in [0.2, 0.25) is 0 Å². The molecule has 90 valence electrons. The first-order chi connectivity index (χ1) is 9.23. The Hall–Kier alpha value is -2.62. The number of carbonyl (C=O) groups is 2. The van der Waals surface area contributed by atoms with E-state index in [0.29, 0.717) is 5.71 Å². The van der Waals surface area contributed by atoms with Crippen molar-refractivity contribution < 1.29 is 9.59 Å². The molecule has 0 amide bonds. The van der Waals surface area contributed by atoms with Crippen molar-refractivity contribution in [2.24, 2.45) is 15.6 Å². The van der Waals surface area contributed by atoms with Crippen LogP contribution in [0.1, 0.15) is 0 Å². The third kappa shape index (κ3) is 1.08. The summed E-state index contributed by atoms with van der Waals surface area (Å²) >= 11 is 0. The van der Waals surface area contributed by atoms with Gasteiger partial charge in [0.05, 0.1) is 11.9 Å². The molecule has 0 aromatic heterocycles. The van der Waals surface area contributed by atoms with E-state index in [4.69, 9.17) is 0 Å². The van der Waals surface area contributed by atoms with E-state index in [-0.39, 0.29) is 11.6 Å². The molecule has 4 rings (SSSR count). The summed E-state index contributed by atoms with van der Waals surface area (Å²) in [6.07, 6.45) is 13.3.